The van der Waals surface area contributed by atoms with Gasteiger partial charge in [-0.1, -0.05) is 19.3 Å². The summed E-state index contributed by atoms with van der Waals surface area (Å²) in [6, 6.07) is -0.0428. The monoisotopic (exact) mass is 226 g/mol. The molecule has 1 saturated heterocycles. The number of carbonyl (C=O) groups excluding carboxylic acids is 1. The predicted molar refractivity (Wildman–Crippen MR) is 62.1 cm³/mol. The van der Waals surface area contributed by atoms with Crippen LogP contribution in [-0.4, -0.2) is 35.7 Å². The van der Waals surface area contributed by atoms with Gasteiger partial charge in [-0.2, -0.15) is 0 Å². The van der Waals surface area contributed by atoms with Gasteiger partial charge in [0.05, 0.1) is 11.6 Å². The number of hydrogen-bond acceptors (Lipinski definition) is 3. The Labute approximate surface area is 96.8 Å². The van der Waals surface area contributed by atoms with Gasteiger partial charge in [-0.05, 0) is 32.2 Å². The maximum atomic E-state index is 11.8. The van der Waals surface area contributed by atoms with E-state index in [2.05, 4.69) is 10.6 Å². The van der Waals surface area contributed by atoms with Crippen molar-refractivity contribution in [1.29, 1.82) is 0 Å². The molecule has 1 aliphatic heterocycles. The molecule has 2 aliphatic rings. The second-order valence-corrected chi connectivity index (χ2v) is 5.15. The highest BCUT2D eigenvalue weighted by molar-refractivity contribution is 5.81. The van der Waals surface area contributed by atoms with E-state index in [9.17, 15) is 9.90 Å². The van der Waals surface area contributed by atoms with Crippen molar-refractivity contribution in [2.45, 2.75) is 56.6 Å². The van der Waals surface area contributed by atoms with Crippen LogP contribution in [-0.2, 0) is 4.79 Å². The summed E-state index contributed by atoms with van der Waals surface area (Å²) in [5.74, 6) is 0.0556. The molecule has 0 aromatic rings. The lowest BCUT2D eigenvalue weighted by molar-refractivity contribution is -0.124. The summed E-state index contributed by atoms with van der Waals surface area (Å²) in [4.78, 5) is 11.8. The number of amides is 1. The molecule has 4 nitrogen and oxygen atoms in total. The van der Waals surface area contributed by atoms with Gasteiger partial charge in [0.15, 0.2) is 0 Å². The van der Waals surface area contributed by atoms with Crippen molar-refractivity contribution in [3.8, 4) is 0 Å². The fourth-order valence-corrected chi connectivity index (χ4v) is 2.66. The van der Waals surface area contributed by atoms with E-state index in [0.717, 1.165) is 51.5 Å². The summed E-state index contributed by atoms with van der Waals surface area (Å²) in [5.41, 5.74) is -0.635. The van der Waals surface area contributed by atoms with Crippen molar-refractivity contribution < 1.29 is 9.90 Å². The molecule has 2 fully saturated rings. The maximum Gasteiger partial charge on any atom is 0.237 e. The van der Waals surface area contributed by atoms with Gasteiger partial charge >= 0.3 is 0 Å². The first-order valence-corrected chi connectivity index (χ1v) is 6.43. The molecular weight excluding hydrogens is 204 g/mol. The topological polar surface area (TPSA) is 61.4 Å². The van der Waals surface area contributed by atoms with Gasteiger partial charge < -0.3 is 15.7 Å². The molecule has 1 unspecified atom stereocenters. The number of piperidine rings is 1. The fraction of sp³-hybridized carbons (Fsp3) is 0.917. The van der Waals surface area contributed by atoms with Crippen LogP contribution in [0.2, 0.25) is 0 Å². The smallest absolute Gasteiger partial charge is 0.237 e. The average molecular weight is 226 g/mol. The molecular formula is C12H22N2O2. The quantitative estimate of drug-likeness (QED) is 0.658. The first kappa shape index (κ1) is 11.9. The number of carbonyl (C=O) groups is 1. The lowest BCUT2D eigenvalue weighted by Gasteiger charge is -2.26. The number of aliphatic hydroxyl groups is 1. The third-order valence-corrected chi connectivity index (χ3v) is 3.75. The summed E-state index contributed by atoms with van der Waals surface area (Å²) >= 11 is 0. The first-order chi connectivity index (χ1) is 7.70. The molecule has 16 heavy (non-hydrogen) atoms. The van der Waals surface area contributed by atoms with Gasteiger partial charge in [0.1, 0.15) is 0 Å². The van der Waals surface area contributed by atoms with Gasteiger partial charge in [0, 0.05) is 6.54 Å². The molecule has 1 aliphatic carbocycles. The van der Waals surface area contributed by atoms with Gasteiger partial charge in [-0.25, -0.2) is 0 Å². The fourth-order valence-electron chi connectivity index (χ4n) is 2.66. The normalized spacial score (nSPS) is 28.9. The number of nitrogens with one attached hydrogen (secondary N) is 2. The summed E-state index contributed by atoms with van der Waals surface area (Å²) in [7, 11) is 0. The molecule has 1 atom stereocenters. The molecule has 4 heteroatoms. The van der Waals surface area contributed by atoms with Gasteiger partial charge in [-0.15, -0.1) is 0 Å². The summed E-state index contributed by atoms with van der Waals surface area (Å²) in [6.07, 6.45) is 7.01. The van der Waals surface area contributed by atoms with Crippen LogP contribution in [0.1, 0.15) is 44.9 Å². The summed E-state index contributed by atoms with van der Waals surface area (Å²) < 4.78 is 0. The molecule has 0 aromatic heterocycles. The van der Waals surface area contributed by atoms with Crippen LogP contribution in [0.25, 0.3) is 0 Å². The van der Waals surface area contributed by atoms with Crippen molar-refractivity contribution in [3.05, 3.63) is 0 Å². The van der Waals surface area contributed by atoms with Crippen LogP contribution in [0.3, 0.4) is 0 Å². The van der Waals surface area contributed by atoms with Crippen molar-refractivity contribution in [1.82, 2.24) is 10.6 Å². The number of hydrogen-bond donors (Lipinski definition) is 3. The molecule has 0 bridgehead atoms. The Morgan fingerprint density at radius 2 is 2.06 bits per heavy atom. The lowest BCUT2D eigenvalue weighted by Crippen LogP contribution is -2.50. The Kier molecular flexibility index (Phi) is 3.82. The van der Waals surface area contributed by atoms with E-state index in [1.165, 1.54) is 0 Å². The highest BCUT2D eigenvalue weighted by atomic mass is 16.3. The largest absolute Gasteiger partial charge is 0.388 e. The van der Waals surface area contributed by atoms with Gasteiger partial charge in [0.2, 0.25) is 5.91 Å². The van der Waals surface area contributed by atoms with Crippen LogP contribution in [0.4, 0.5) is 0 Å². The average Bonchev–Trinajstić information content (AvgIpc) is 2.75. The van der Waals surface area contributed by atoms with Crippen molar-refractivity contribution in [3.63, 3.8) is 0 Å². The molecule has 0 radical (unpaired) electrons. The Morgan fingerprint density at radius 3 is 2.69 bits per heavy atom. The van der Waals surface area contributed by atoms with Crippen LogP contribution >= 0.6 is 0 Å². The summed E-state index contributed by atoms with van der Waals surface area (Å²) in [6.45, 7) is 1.35. The lowest BCUT2D eigenvalue weighted by atomic mass is 10.0. The Balaban J connectivity index is 1.74. The zero-order chi connectivity index (χ0) is 11.4. The minimum atomic E-state index is -0.635. The van der Waals surface area contributed by atoms with E-state index >= 15 is 0 Å². The van der Waals surface area contributed by atoms with Crippen LogP contribution in [0.5, 0.6) is 0 Å². The highest BCUT2D eigenvalue weighted by Gasteiger charge is 2.32. The van der Waals surface area contributed by atoms with E-state index in [0.29, 0.717) is 6.54 Å². The molecule has 0 spiro atoms. The second-order valence-electron chi connectivity index (χ2n) is 5.15. The SMILES string of the molecule is O=C(NCC1(O)CCCC1)C1CCCCN1. The Bertz CT molecular complexity index is 243. The first-order valence-electron chi connectivity index (χ1n) is 6.43. The standard InChI is InChI=1S/C12H22N2O2/c15-11(10-5-1-4-8-13-10)14-9-12(16)6-2-3-7-12/h10,13,16H,1-9H2,(H,14,15). The third kappa shape index (κ3) is 2.95. The number of rotatable bonds is 3. The zero-order valence-electron chi connectivity index (χ0n) is 9.80. The Hall–Kier alpha value is -0.610. The summed E-state index contributed by atoms with van der Waals surface area (Å²) in [5, 5.41) is 16.2. The van der Waals surface area contributed by atoms with E-state index in [1.54, 1.807) is 0 Å². The molecule has 1 heterocycles. The van der Waals surface area contributed by atoms with Crippen LogP contribution < -0.4 is 10.6 Å². The van der Waals surface area contributed by atoms with Crippen LogP contribution in [0, 0.1) is 0 Å². The van der Waals surface area contributed by atoms with E-state index in [4.69, 9.17) is 0 Å². The van der Waals surface area contributed by atoms with Crippen molar-refractivity contribution in [2.24, 2.45) is 0 Å². The molecule has 1 saturated carbocycles. The third-order valence-electron chi connectivity index (χ3n) is 3.75. The van der Waals surface area contributed by atoms with Crippen molar-refractivity contribution >= 4 is 5.91 Å². The minimum Gasteiger partial charge on any atom is -0.388 e. The zero-order valence-corrected chi connectivity index (χ0v) is 9.80. The molecule has 92 valence electrons. The van der Waals surface area contributed by atoms with E-state index in [-0.39, 0.29) is 11.9 Å². The van der Waals surface area contributed by atoms with Crippen LogP contribution in [0.15, 0.2) is 0 Å². The highest BCUT2D eigenvalue weighted by Crippen LogP contribution is 2.28. The van der Waals surface area contributed by atoms with Gasteiger partial charge in [-0.3, -0.25) is 4.79 Å². The molecule has 2 rings (SSSR count). The van der Waals surface area contributed by atoms with E-state index < -0.39 is 5.60 Å². The second kappa shape index (κ2) is 5.15. The molecule has 3 N–H and O–H groups in total. The molecule has 0 aromatic carbocycles. The Morgan fingerprint density at radius 1 is 1.31 bits per heavy atom. The van der Waals surface area contributed by atoms with Crippen molar-refractivity contribution in [2.75, 3.05) is 13.1 Å². The molecule has 1 amide bonds. The predicted octanol–water partition coefficient (Wildman–Crippen LogP) is 0.550. The van der Waals surface area contributed by atoms with E-state index in [1.807, 2.05) is 0 Å². The minimum absolute atomic E-state index is 0.0428. The maximum absolute atomic E-state index is 11.8. The van der Waals surface area contributed by atoms with Gasteiger partial charge in [0.25, 0.3) is 0 Å².